The highest BCUT2D eigenvalue weighted by molar-refractivity contribution is 5.97. The fourth-order valence-corrected chi connectivity index (χ4v) is 1.08. The summed E-state index contributed by atoms with van der Waals surface area (Å²) in [5.74, 6) is -4.08. The van der Waals surface area contributed by atoms with E-state index in [2.05, 4.69) is 5.32 Å². The van der Waals surface area contributed by atoms with E-state index in [-0.39, 0.29) is 5.56 Å². The second-order valence-electron chi connectivity index (χ2n) is 3.40. The minimum Gasteiger partial charge on any atom is -0.504 e. The van der Waals surface area contributed by atoms with E-state index in [0.717, 1.165) is 12.1 Å². The lowest BCUT2D eigenvalue weighted by molar-refractivity contribution is -0.138. The van der Waals surface area contributed by atoms with Crippen LogP contribution in [0.15, 0.2) is 12.1 Å². The van der Waals surface area contributed by atoms with Crippen LogP contribution in [-0.2, 0) is 4.79 Å². The maximum atomic E-state index is 11.5. The second-order valence-corrected chi connectivity index (χ2v) is 3.40. The standard InChI is InChI=1S/C10H11NO6/c1-4(10(16)17)11-9(15)5-2-6(12)8(14)7(13)3-5/h2-4,12-14H,1H3,(H,11,15)(H,16,17)/t4-/m1/s1. The molecule has 1 aromatic carbocycles. The molecule has 17 heavy (non-hydrogen) atoms. The number of rotatable bonds is 3. The van der Waals surface area contributed by atoms with Crippen molar-refractivity contribution < 1.29 is 30.0 Å². The van der Waals surface area contributed by atoms with Crippen LogP contribution < -0.4 is 5.32 Å². The molecule has 92 valence electrons. The highest BCUT2D eigenvalue weighted by Crippen LogP contribution is 2.35. The number of carbonyl (C=O) groups excluding carboxylic acids is 1. The first-order valence-corrected chi connectivity index (χ1v) is 4.61. The van der Waals surface area contributed by atoms with Crippen LogP contribution in [0.2, 0.25) is 0 Å². The number of phenolic OH excluding ortho intramolecular Hbond substituents is 3. The van der Waals surface area contributed by atoms with Gasteiger partial charge in [-0.3, -0.25) is 9.59 Å². The number of carbonyl (C=O) groups is 2. The number of aliphatic carboxylic acids is 1. The number of amides is 1. The van der Waals surface area contributed by atoms with Gasteiger partial charge in [0.05, 0.1) is 0 Å². The summed E-state index contributed by atoms with van der Waals surface area (Å²) in [5, 5.41) is 38.1. The number of nitrogens with one attached hydrogen (secondary N) is 1. The maximum Gasteiger partial charge on any atom is 0.325 e. The maximum absolute atomic E-state index is 11.5. The van der Waals surface area contributed by atoms with E-state index in [4.69, 9.17) is 20.4 Å². The number of hydrogen-bond donors (Lipinski definition) is 5. The van der Waals surface area contributed by atoms with E-state index in [0.29, 0.717) is 0 Å². The molecule has 0 aliphatic heterocycles. The summed E-state index contributed by atoms with van der Waals surface area (Å²) in [6.45, 7) is 1.26. The summed E-state index contributed by atoms with van der Waals surface area (Å²) in [7, 11) is 0. The normalized spacial score (nSPS) is 11.8. The van der Waals surface area contributed by atoms with Crippen molar-refractivity contribution in [2.24, 2.45) is 0 Å². The lowest BCUT2D eigenvalue weighted by Gasteiger charge is -2.10. The first-order valence-electron chi connectivity index (χ1n) is 4.61. The van der Waals surface area contributed by atoms with Gasteiger partial charge < -0.3 is 25.7 Å². The number of aromatic hydroxyl groups is 3. The first-order chi connectivity index (χ1) is 7.82. The fraction of sp³-hybridized carbons (Fsp3) is 0.200. The third-order valence-corrected chi connectivity index (χ3v) is 2.05. The molecule has 5 N–H and O–H groups in total. The van der Waals surface area contributed by atoms with Crippen LogP contribution in [0, 0.1) is 0 Å². The van der Waals surface area contributed by atoms with Gasteiger partial charge in [0.2, 0.25) is 0 Å². The molecular weight excluding hydrogens is 230 g/mol. The molecule has 0 aromatic heterocycles. The molecule has 7 nitrogen and oxygen atoms in total. The van der Waals surface area contributed by atoms with Crippen molar-refractivity contribution in [3.8, 4) is 17.2 Å². The van der Waals surface area contributed by atoms with Crippen molar-refractivity contribution in [3.63, 3.8) is 0 Å². The molecule has 0 aliphatic carbocycles. The molecule has 0 spiro atoms. The Balaban J connectivity index is 2.94. The molecule has 1 atom stereocenters. The Hall–Kier alpha value is -2.44. The predicted molar refractivity (Wildman–Crippen MR) is 56.0 cm³/mol. The number of benzene rings is 1. The van der Waals surface area contributed by atoms with E-state index in [9.17, 15) is 9.59 Å². The summed E-state index contributed by atoms with van der Waals surface area (Å²) >= 11 is 0. The molecule has 0 bridgehead atoms. The van der Waals surface area contributed by atoms with Gasteiger partial charge in [-0.05, 0) is 19.1 Å². The summed E-state index contributed by atoms with van der Waals surface area (Å²) in [6, 6.07) is 0.721. The van der Waals surface area contributed by atoms with E-state index in [1.165, 1.54) is 6.92 Å². The van der Waals surface area contributed by atoms with E-state index >= 15 is 0 Å². The Morgan fingerprint density at radius 2 is 1.65 bits per heavy atom. The van der Waals surface area contributed by atoms with Gasteiger partial charge in [-0.2, -0.15) is 0 Å². The van der Waals surface area contributed by atoms with Gasteiger partial charge in [-0.1, -0.05) is 0 Å². The Labute approximate surface area is 95.9 Å². The molecule has 1 amide bonds. The quantitative estimate of drug-likeness (QED) is 0.474. The molecule has 0 saturated heterocycles. The van der Waals surface area contributed by atoms with Crippen LogP contribution in [0.4, 0.5) is 0 Å². The monoisotopic (exact) mass is 241 g/mol. The van der Waals surface area contributed by atoms with Crippen molar-refractivity contribution >= 4 is 11.9 Å². The Kier molecular flexibility index (Phi) is 3.42. The van der Waals surface area contributed by atoms with Gasteiger partial charge in [-0.15, -0.1) is 0 Å². The summed E-state index contributed by atoms with van der Waals surface area (Å²) in [5.41, 5.74) is -0.161. The predicted octanol–water partition coefficient (Wildman–Crippen LogP) is 0.00630. The highest BCUT2D eigenvalue weighted by atomic mass is 16.4. The lowest BCUT2D eigenvalue weighted by atomic mass is 10.1. The average molecular weight is 241 g/mol. The zero-order valence-electron chi connectivity index (χ0n) is 8.84. The third-order valence-electron chi connectivity index (χ3n) is 2.05. The number of carboxylic acids is 1. The molecule has 0 radical (unpaired) electrons. The van der Waals surface area contributed by atoms with Gasteiger partial charge >= 0.3 is 5.97 Å². The van der Waals surface area contributed by atoms with Crippen molar-refractivity contribution in [2.75, 3.05) is 0 Å². The van der Waals surface area contributed by atoms with Crippen LogP contribution >= 0.6 is 0 Å². The molecule has 1 aromatic rings. The van der Waals surface area contributed by atoms with Crippen LogP contribution in [-0.4, -0.2) is 38.3 Å². The van der Waals surface area contributed by atoms with Crippen LogP contribution in [0.25, 0.3) is 0 Å². The molecule has 0 aliphatic rings. The SMILES string of the molecule is C[C@@H](NC(=O)c1cc(O)c(O)c(O)c1)C(=O)O. The van der Waals surface area contributed by atoms with Crippen LogP contribution in [0.1, 0.15) is 17.3 Å². The largest absolute Gasteiger partial charge is 0.504 e. The summed E-state index contributed by atoms with van der Waals surface area (Å²) in [4.78, 5) is 22.0. The first kappa shape index (κ1) is 12.6. The van der Waals surface area contributed by atoms with Gasteiger partial charge in [0.1, 0.15) is 6.04 Å². The van der Waals surface area contributed by atoms with Gasteiger partial charge in [0.25, 0.3) is 5.91 Å². The minimum atomic E-state index is -1.22. The molecule has 7 heteroatoms. The highest BCUT2D eigenvalue weighted by Gasteiger charge is 2.18. The van der Waals surface area contributed by atoms with E-state index in [1.807, 2.05) is 0 Å². The van der Waals surface area contributed by atoms with Crippen LogP contribution in [0.5, 0.6) is 17.2 Å². The smallest absolute Gasteiger partial charge is 0.325 e. The zero-order chi connectivity index (χ0) is 13.2. The summed E-state index contributed by atoms with van der Waals surface area (Å²) < 4.78 is 0. The Morgan fingerprint density at radius 1 is 1.18 bits per heavy atom. The third kappa shape index (κ3) is 2.77. The van der Waals surface area contributed by atoms with Crippen molar-refractivity contribution in [1.29, 1.82) is 0 Å². The molecule has 1 rings (SSSR count). The topological polar surface area (TPSA) is 127 Å². The summed E-state index contributed by atoms with van der Waals surface area (Å²) in [6.07, 6.45) is 0. The molecule has 0 saturated carbocycles. The van der Waals surface area contributed by atoms with Crippen molar-refractivity contribution in [2.45, 2.75) is 13.0 Å². The minimum absolute atomic E-state index is 0.161. The number of phenols is 3. The number of hydrogen-bond acceptors (Lipinski definition) is 5. The van der Waals surface area contributed by atoms with E-state index in [1.54, 1.807) is 0 Å². The number of carboxylic acid groups (broad SMARTS) is 1. The van der Waals surface area contributed by atoms with Crippen molar-refractivity contribution in [3.05, 3.63) is 17.7 Å². The Bertz CT molecular complexity index is 447. The molecule has 0 fully saturated rings. The van der Waals surface area contributed by atoms with Gasteiger partial charge in [0.15, 0.2) is 17.2 Å². The van der Waals surface area contributed by atoms with Crippen molar-refractivity contribution in [1.82, 2.24) is 5.32 Å². The lowest BCUT2D eigenvalue weighted by Crippen LogP contribution is -2.38. The van der Waals surface area contributed by atoms with Gasteiger partial charge in [-0.25, -0.2) is 0 Å². The zero-order valence-corrected chi connectivity index (χ0v) is 8.84. The fourth-order valence-electron chi connectivity index (χ4n) is 1.08. The molecule has 0 unspecified atom stereocenters. The molecular formula is C10H11NO6. The van der Waals surface area contributed by atoms with E-state index < -0.39 is 35.2 Å². The Morgan fingerprint density at radius 3 is 2.06 bits per heavy atom. The molecule has 0 heterocycles. The van der Waals surface area contributed by atoms with Gasteiger partial charge in [0, 0.05) is 5.56 Å². The average Bonchev–Trinajstić information content (AvgIpc) is 2.24. The second kappa shape index (κ2) is 4.60. The van der Waals surface area contributed by atoms with Crippen LogP contribution in [0.3, 0.4) is 0 Å².